The molecular formula is C17H17N3O2S. The van der Waals surface area contributed by atoms with E-state index in [1.54, 1.807) is 13.1 Å². The van der Waals surface area contributed by atoms with E-state index in [9.17, 15) is 4.79 Å². The van der Waals surface area contributed by atoms with Crippen LogP contribution in [0.2, 0.25) is 0 Å². The molecule has 0 N–H and O–H groups in total. The lowest BCUT2D eigenvalue weighted by atomic mass is 10.2. The van der Waals surface area contributed by atoms with Crippen molar-refractivity contribution in [2.24, 2.45) is 4.99 Å². The molecule has 0 aliphatic rings. The lowest BCUT2D eigenvalue weighted by Gasteiger charge is -2.01. The van der Waals surface area contributed by atoms with E-state index in [1.807, 2.05) is 31.2 Å². The van der Waals surface area contributed by atoms with Gasteiger partial charge in [-0.2, -0.15) is 0 Å². The monoisotopic (exact) mass is 327 g/mol. The Balaban J connectivity index is 2.02. The van der Waals surface area contributed by atoms with Crippen molar-refractivity contribution in [2.75, 3.05) is 0 Å². The topological polar surface area (TPSA) is 60.4 Å². The summed E-state index contributed by atoms with van der Waals surface area (Å²) < 4.78 is 7.34. The molecule has 0 aliphatic heterocycles. The van der Waals surface area contributed by atoms with Crippen LogP contribution in [-0.2, 0) is 6.54 Å². The fourth-order valence-corrected chi connectivity index (χ4v) is 3.55. The summed E-state index contributed by atoms with van der Waals surface area (Å²) in [6, 6.07) is 7.75. The molecule has 0 unspecified atom stereocenters. The van der Waals surface area contributed by atoms with Gasteiger partial charge in [0.25, 0.3) is 0 Å². The average molecular weight is 327 g/mol. The van der Waals surface area contributed by atoms with Gasteiger partial charge >= 0.3 is 0 Å². The molecule has 0 saturated carbocycles. The highest BCUT2D eigenvalue weighted by molar-refractivity contribution is 7.11. The predicted octanol–water partition coefficient (Wildman–Crippen LogP) is 3.97. The summed E-state index contributed by atoms with van der Waals surface area (Å²) >= 11 is 1.43. The smallest absolute Gasteiger partial charge is 0.190 e. The Morgan fingerprint density at radius 2 is 2.09 bits per heavy atom. The van der Waals surface area contributed by atoms with Crippen molar-refractivity contribution in [3.63, 3.8) is 0 Å². The molecule has 0 amide bonds. The first kappa shape index (κ1) is 15.4. The van der Waals surface area contributed by atoms with Gasteiger partial charge in [-0.1, -0.05) is 11.3 Å². The first-order chi connectivity index (χ1) is 11.1. The minimum Gasteiger partial charge on any atom is -0.444 e. The highest BCUT2D eigenvalue weighted by Gasteiger charge is 2.12. The molecule has 0 spiro atoms. The first-order valence-corrected chi connectivity index (χ1v) is 8.16. The van der Waals surface area contributed by atoms with E-state index >= 15 is 0 Å². The number of carbonyl (C=O) groups is 1. The maximum atomic E-state index is 11.7. The van der Waals surface area contributed by atoms with E-state index in [2.05, 4.69) is 21.5 Å². The van der Waals surface area contributed by atoms with Crippen LogP contribution >= 0.6 is 11.3 Å². The van der Waals surface area contributed by atoms with Gasteiger partial charge in [-0.25, -0.2) is 9.98 Å². The third kappa shape index (κ3) is 3.03. The summed E-state index contributed by atoms with van der Waals surface area (Å²) in [7, 11) is 0. The maximum Gasteiger partial charge on any atom is 0.190 e. The maximum absolute atomic E-state index is 11.7. The van der Waals surface area contributed by atoms with Gasteiger partial charge in [-0.15, -0.1) is 0 Å². The van der Waals surface area contributed by atoms with Crippen LogP contribution in [0.5, 0.6) is 0 Å². The van der Waals surface area contributed by atoms with Gasteiger partial charge in [0, 0.05) is 24.7 Å². The van der Waals surface area contributed by atoms with Crippen LogP contribution in [0.1, 0.15) is 29.2 Å². The quantitative estimate of drug-likeness (QED) is 0.681. The van der Waals surface area contributed by atoms with E-state index in [1.165, 1.54) is 17.7 Å². The van der Waals surface area contributed by atoms with Crippen LogP contribution in [0, 0.1) is 6.92 Å². The SMILES string of the molecule is CCn1c(C)c(C(C)=O)s/c1=N\c1ccc(-c2cnco2)cc1. The molecule has 0 fully saturated rings. The largest absolute Gasteiger partial charge is 0.444 e. The third-order valence-electron chi connectivity index (χ3n) is 3.60. The Kier molecular flexibility index (Phi) is 4.25. The number of rotatable bonds is 4. The molecule has 0 radical (unpaired) electrons. The number of benzene rings is 1. The molecule has 6 heteroatoms. The van der Waals surface area contributed by atoms with Crippen molar-refractivity contribution < 1.29 is 9.21 Å². The number of nitrogens with zero attached hydrogens (tertiary/aromatic N) is 3. The molecule has 23 heavy (non-hydrogen) atoms. The van der Waals surface area contributed by atoms with Crippen molar-refractivity contribution >= 4 is 22.8 Å². The van der Waals surface area contributed by atoms with Crippen LogP contribution in [0.15, 0.2) is 46.3 Å². The van der Waals surface area contributed by atoms with Crippen LogP contribution in [0.25, 0.3) is 11.3 Å². The van der Waals surface area contributed by atoms with E-state index < -0.39 is 0 Å². The van der Waals surface area contributed by atoms with Crippen molar-refractivity contribution in [1.29, 1.82) is 0 Å². The fraction of sp³-hybridized carbons (Fsp3) is 0.235. The summed E-state index contributed by atoms with van der Waals surface area (Å²) in [5.41, 5.74) is 2.77. The Morgan fingerprint density at radius 1 is 1.35 bits per heavy atom. The van der Waals surface area contributed by atoms with Gasteiger partial charge in [0.05, 0.1) is 16.8 Å². The number of carbonyl (C=O) groups excluding carboxylic acids is 1. The molecule has 1 aromatic carbocycles. The third-order valence-corrected chi connectivity index (χ3v) is 4.88. The normalized spacial score (nSPS) is 11.9. The minimum absolute atomic E-state index is 0.0804. The number of oxazole rings is 1. The molecule has 0 bridgehead atoms. The van der Waals surface area contributed by atoms with Gasteiger partial charge in [-0.3, -0.25) is 4.79 Å². The van der Waals surface area contributed by atoms with Crippen LogP contribution in [-0.4, -0.2) is 15.3 Å². The number of hydrogen-bond acceptors (Lipinski definition) is 5. The zero-order valence-electron chi connectivity index (χ0n) is 13.2. The summed E-state index contributed by atoms with van der Waals surface area (Å²) in [6.45, 7) is 6.39. The zero-order valence-corrected chi connectivity index (χ0v) is 14.1. The lowest BCUT2D eigenvalue weighted by Crippen LogP contribution is -2.14. The Labute approximate surface area is 138 Å². The minimum atomic E-state index is 0.0804. The molecule has 0 saturated heterocycles. The number of hydrogen-bond donors (Lipinski definition) is 0. The molecule has 0 aliphatic carbocycles. The van der Waals surface area contributed by atoms with Gasteiger partial charge < -0.3 is 8.98 Å². The van der Waals surface area contributed by atoms with Crippen LogP contribution in [0.4, 0.5) is 5.69 Å². The molecule has 3 rings (SSSR count). The van der Waals surface area contributed by atoms with Gasteiger partial charge in [0.15, 0.2) is 22.7 Å². The van der Waals surface area contributed by atoms with E-state index in [0.717, 1.165) is 38.9 Å². The molecule has 0 atom stereocenters. The number of thiazole rings is 1. The van der Waals surface area contributed by atoms with E-state index in [0.29, 0.717) is 0 Å². The zero-order chi connectivity index (χ0) is 16.4. The van der Waals surface area contributed by atoms with Gasteiger partial charge in [0.2, 0.25) is 0 Å². The average Bonchev–Trinajstić information content (AvgIpc) is 3.16. The van der Waals surface area contributed by atoms with Crippen molar-refractivity contribution in [2.45, 2.75) is 27.3 Å². The summed E-state index contributed by atoms with van der Waals surface area (Å²) in [6.07, 6.45) is 3.09. The summed E-state index contributed by atoms with van der Waals surface area (Å²) in [5, 5.41) is 0. The Hall–Kier alpha value is -2.47. The molecule has 2 aromatic heterocycles. The first-order valence-electron chi connectivity index (χ1n) is 7.35. The predicted molar refractivity (Wildman–Crippen MR) is 89.9 cm³/mol. The molecular weight excluding hydrogens is 310 g/mol. The van der Waals surface area contributed by atoms with E-state index in [4.69, 9.17) is 4.42 Å². The standard InChI is InChI=1S/C17H17N3O2S/c1-4-20-11(2)16(12(3)21)23-17(20)19-14-7-5-13(6-8-14)15-9-18-10-22-15/h5-10H,4H2,1-3H3/b19-17-. The molecule has 5 nitrogen and oxygen atoms in total. The summed E-state index contributed by atoms with van der Waals surface area (Å²) in [5.74, 6) is 0.808. The second-order valence-corrected chi connectivity index (χ2v) is 6.10. The highest BCUT2D eigenvalue weighted by Crippen LogP contribution is 2.22. The highest BCUT2D eigenvalue weighted by atomic mass is 32.1. The number of aromatic nitrogens is 2. The lowest BCUT2D eigenvalue weighted by molar-refractivity contribution is 0.102. The van der Waals surface area contributed by atoms with E-state index in [-0.39, 0.29) is 5.78 Å². The van der Waals surface area contributed by atoms with Crippen molar-refractivity contribution in [3.8, 4) is 11.3 Å². The molecule has 118 valence electrons. The van der Waals surface area contributed by atoms with Crippen molar-refractivity contribution in [3.05, 3.63) is 52.2 Å². The van der Waals surface area contributed by atoms with Crippen LogP contribution in [0.3, 0.4) is 0 Å². The second kappa shape index (κ2) is 6.34. The molecule has 3 aromatic rings. The molecule has 2 heterocycles. The van der Waals surface area contributed by atoms with Gasteiger partial charge in [0.1, 0.15) is 0 Å². The van der Waals surface area contributed by atoms with Crippen molar-refractivity contribution in [1.82, 2.24) is 9.55 Å². The number of Topliss-reactive ketones (excluding diaryl/α,β-unsaturated/α-hetero) is 1. The second-order valence-electron chi connectivity index (χ2n) is 5.12. The Bertz CT molecular complexity index is 887. The fourth-order valence-electron chi connectivity index (χ4n) is 2.44. The van der Waals surface area contributed by atoms with Crippen LogP contribution < -0.4 is 4.80 Å². The van der Waals surface area contributed by atoms with Gasteiger partial charge in [-0.05, 0) is 38.1 Å². The Morgan fingerprint density at radius 3 is 2.65 bits per heavy atom. The summed E-state index contributed by atoms with van der Waals surface area (Å²) in [4.78, 5) is 21.9. The number of ketones is 1.